The van der Waals surface area contributed by atoms with Crippen molar-refractivity contribution in [1.82, 2.24) is 15.3 Å². The number of rotatable bonds is 2. The summed E-state index contributed by atoms with van der Waals surface area (Å²) in [4.78, 5) is 18.0. The average molecular weight is 464 g/mol. The number of nitrogens with two attached hydrogens (primary N) is 1. The van der Waals surface area contributed by atoms with E-state index in [9.17, 15) is 4.79 Å². The summed E-state index contributed by atoms with van der Waals surface area (Å²) in [6, 6.07) is 0.147. The monoisotopic (exact) mass is 463 g/mol. The van der Waals surface area contributed by atoms with Crippen LogP contribution in [-0.4, -0.2) is 28.1 Å². The lowest BCUT2D eigenvalue weighted by Crippen LogP contribution is -2.33. The van der Waals surface area contributed by atoms with Gasteiger partial charge in [0.05, 0.1) is 5.69 Å². The van der Waals surface area contributed by atoms with E-state index in [1.54, 1.807) is 13.8 Å². The first-order chi connectivity index (χ1) is 15.7. The van der Waals surface area contributed by atoms with Gasteiger partial charge in [-0.2, -0.15) is 0 Å². The van der Waals surface area contributed by atoms with Gasteiger partial charge in [0.1, 0.15) is 5.82 Å². The molecule has 0 bridgehead atoms. The third kappa shape index (κ3) is 19.1. The zero-order valence-electron chi connectivity index (χ0n) is 22.9. The third-order valence-corrected chi connectivity index (χ3v) is 5.08. The number of amides is 1. The number of aromatic amines is 1. The number of H-pyrrole nitrogens is 1. The Kier molecular flexibility index (Phi) is 24.8. The minimum Gasteiger partial charge on any atom is -0.356 e. The number of imidazole rings is 1. The second-order valence-corrected chi connectivity index (χ2v) is 8.43. The zero-order chi connectivity index (χ0) is 26.4. The molecule has 6 heteroatoms. The molecule has 2 heterocycles. The first-order valence-electron chi connectivity index (χ1n) is 12.6. The van der Waals surface area contributed by atoms with E-state index in [-0.39, 0.29) is 11.9 Å². The van der Waals surface area contributed by atoms with Gasteiger partial charge in [-0.15, -0.1) is 12.8 Å². The molecular weight excluding hydrogens is 410 g/mol. The normalized spacial score (nSPS) is 21.6. The van der Waals surface area contributed by atoms with Crippen LogP contribution in [-0.2, 0) is 4.79 Å². The average Bonchev–Trinajstić information content (AvgIpc) is 3.26. The SMILES string of the molecule is C#C.CC.CC.CC(C)=N.CC1CCC(=O)NC1.Cc1ncc(C(N)C2CCCC(C)C2)[nH]1. The van der Waals surface area contributed by atoms with Crippen molar-refractivity contribution < 1.29 is 4.79 Å². The van der Waals surface area contributed by atoms with Crippen molar-refractivity contribution in [2.24, 2.45) is 23.5 Å². The summed E-state index contributed by atoms with van der Waals surface area (Å²) in [5, 5.41) is 9.29. The largest absolute Gasteiger partial charge is 0.356 e. The standard InChI is InChI=1S/C12H21N3.C6H11NO.C3H7N.2C2H6.C2H2/c1-8-4-3-5-10(6-8)12(13)11-7-14-9(2)15-11;1-5-2-3-6(8)7-4-5;1-3(2)4;3*1-2/h7-8,10,12H,3-6,13H2,1-2H3,(H,14,15);5H,2-4H2,1H3,(H,7,8);4H,1-2H3;2*1-2H3;1-2H. The number of hydrogen-bond donors (Lipinski definition) is 4. The topological polar surface area (TPSA) is 108 Å². The van der Waals surface area contributed by atoms with Crippen LogP contribution in [0.1, 0.15) is 111 Å². The Bertz CT molecular complexity index is 609. The lowest BCUT2D eigenvalue weighted by atomic mass is 9.78. The van der Waals surface area contributed by atoms with Crippen molar-refractivity contribution in [1.29, 1.82) is 5.41 Å². The summed E-state index contributed by atoms with van der Waals surface area (Å²) in [6.07, 6.45) is 16.9. The molecule has 3 rings (SSSR count). The Morgan fingerprint density at radius 2 is 1.67 bits per heavy atom. The molecule has 192 valence electrons. The van der Waals surface area contributed by atoms with Crippen LogP contribution in [0, 0.1) is 42.9 Å². The van der Waals surface area contributed by atoms with Gasteiger partial charge in [0, 0.05) is 30.9 Å². The molecule has 0 radical (unpaired) electrons. The Morgan fingerprint density at radius 3 is 2.03 bits per heavy atom. The maximum absolute atomic E-state index is 10.5. The van der Waals surface area contributed by atoms with Crippen molar-refractivity contribution >= 4 is 11.6 Å². The molecule has 4 unspecified atom stereocenters. The Hall–Kier alpha value is -2.13. The number of carbonyl (C=O) groups excluding carboxylic acids is 1. The van der Waals surface area contributed by atoms with Crippen molar-refractivity contribution in [2.45, 2.75) is 107 Å². The van der Waals surface area contributed by atoms with Gasteiger partial charge in [-0.1, -0.05) is 54.4 Å². The van der Waals surface area contributed by atoms with Crippen LogP contribution in [0.4, 0.5) is 0 Å². The fourth-order valence-corrected chi connectivity index (χ4v) is 3.53. The molecule has 33 heavy (non-hydrogen) atoms. The van der Waals surface area contributed by atoms with Crippen LogP contribution in [0.3, 0.4) is 0 Å². The highest BCUT2D eigenvalue weighted by Crippen LogP contribution is 2.35. The number of aryl methyl sites for hydroxylation is 1. The molecule has 1 aromatic heterocycles. The van der Waals surface area contributed by atoms with E-state index in [1.807, 2.05) is 40.8 Å². The fraction of sp³-hybridized carbons (Fsp3) is 0.741. The number of terminal acetylenes is 1. The summed E-state index contributed by atoms with van der Waals surface area (Å²) in [5.74, 6) is 3.33. The lowest BCUT2D eigenvalue weighted by molar-refractivity contribution is -0.122. The van der Waals surface area contributed by atoms with Crippen LogP contribution >= 0.6 is 0 Å². The smallest absolute Gasteiger partial charge is 0.220 e. The number of hydrogen-bond acceptors (Lipinski definition) is 4. The Morgan fingerprint density at radius 1 is 1.12 bits per heavy atom. The van der Waals surface area contributed by atoms with Crippen LogP contribution in [0.2, 0.25) is 0 Å². The molecule has 1 aliphatic carbocycles. The van der Waals surface area contributed by atoms with Gasteiger partial charge >= 0.3 is 0 Å². The number of nitrogens with one attached hydrogen (secondary N) is 3. The summed E-state index contributed by atoms with van der Waals surface area (Å²) in [6.45, 7) is 18.8. The fourth-order valence-electron chi connectivity index (χ4n) is 3.53. The first kappa shape index (κ1) is 35.5. The number of nitrogens with zero attached hydrogens (tertiary/aromatic N) is 1. The van der Waals surface area contributed by atoms with E-state index < -0.39 is 0 Å². The van der Waals surface area contributed by atoms with Crippen LogP contribution in [0.5, 0.6) is 0 Å². The van der Waals surface area contributed by atoms with E-state index in [0.29, 0.717) is 17.5 Å². The molecule has 5 N–H and O–H groups in total. The minimum absolute atomic E-state index is 0.147. The highest BCUT2D eigenvalue weighted by molar-refractivity contribution is 5.76. The highest BCUT2D eigenvalue weighted by atomic mass is 16.1. The lowest BCUT2D eigenvalue weighted by Gasteiger charge is -2.30. The maximum atomic E-state index is 10.5. The minimum atomic E-state index is 0.147. The van der Waals surface area contributed by atoms with Crippen LogP contribution < -0.4 is 11.1 Å². The molecule has 2 fully saturated rings. The van der Waals surface area contributed by atoms with Crippen molar-refractivity contribution in [3.63, 3.8) is 0 Å². The second-order valence-electron chi connectivity index (χ2n) is 8.43. The van der Waals surface area contributed by atoms with E-state index in [0.717, 1.165) is 36.8 Å². The van der Waals surface area contributed by atoms with E-state index in [1.165, 1.54) is 25.7 Å². The van der Waals surface area contributed by atoms with Crippen LogP contribution in [0.15, 0.2) is 6.20 Å². The van der Waals surface area contributed by atoms with Gasteiger partial charge in [0.25, 0.3) is 0 Å². The van der Waals surface area contributed by atoms with Gasteiger partial charge in [0.15, 0.2) is 0 Å². The van der Waals surface area contributed by atoms with Gasteiger partial charge in [0.2, 0.25) is 5.91 Å². The van der Waals surface area contributed by atoms with Crippen LogP contribution in [0.25, 0.3) is 0 Å². The highest BCUT2D eigenvalue weighted by Gasteiger charge is 2.26. The van der Waals surface area contributed by atoms with Crippen molar-refractivity contribution in [3.8, 4) is 12.8 Å². The predicted octanol–water partition coefficient (Wildman–Crippen LogP) is 6.42. The van der Waals surface area contributed by atoms with Gasteiger partial charge < -0.3 is 21.4 Å². The molecule has 1 aliphatic heterocycles. The molecular formula is C27H53N5O. The summed E-state index contributed by atoms with van der Waals surface area (Å²) < 4.78 is 0. The zero-order valence-corrected chi connectivity index (χ0v) is 22.9. The molecule has 1 saturated carbocycles. The van der Waals surface area contributed by atoms with Crippen molar-refractivity contribution in [2.75, 3.05) is 6.54 Å². The molecule has 6 nitrogen and oxygen atoms in total. The van der Waals surface area contributed by atoms with E-state index in [2.05, 4.69) is 42.0 Å². The van der Waals surface area contributed by atoms with E-state index in [4.69, 9.17) is 11.1 Å². The molecule has 1 amide bonds. The molecule has 0 spiro atoms. The van der Waals surface area contributed by atoms with E-state index >= 15 is 0 Å². The molecule has 2 aliphatic rings. The summed E-state index contributed by atoms with van der Waals surface area (Å²) >= 11 is 0. The molecule has 1 saturated heterocycles. The van der Waals surface area contributed by atoms with Crippen molar-refractivity contribution in [3.05, 3.63) is 17.7 Å². The van der Waals surface area contributed by atoms with Gasteiger partial charge in [-0.05, 0) is 57.8 Å². The number of piperidine rings is 1. The Balaban J connectivity index is -0.000000423. The third-order valence-electron chi connectivity index (χ3n) is 5.08. The summed E-state index contributed by atoms with van der Waals surface area (Å²) in [5.41, 5.74) is 8.04. The van der Waals surface area contributed by atoms with Gasteiger partial charge in [-0.3, -0.25) is 4.79 Å². The quantitative estimate of drug-likeness (QED) is 0.300. The molecule has 0 aromatic carbocycles. The second kappa shape index (κ2) is 23.0. The maximum Gasteiger partial charge on any atom is 0.220 e. The van der Waals surface area contributed by atoms with Gasteiger partial charge in [-0.25, -0.2) is 4.98 Å². The number of carbonyl (C=O) groups is 1. The number of aromatic nitrogens is 2. The first-order valence-corrected chi connectivity index (χ1v) is 12.6. The molecule has 1 aromatic rings. The summed E-state index contributed by atoms with van der Waals surface area (Å²) in [7, 11) is 0. The predicted molar refractivity (Wildman–Crippen MR) is 144 cm³/mol. The molecule has 4 atom stereocenters. The Labute approximate surface area is 204 Å².